The van der Waals surface area contributed by atoms with Crippen LogP contribution in [0.3, 0.4) is 0 Å². The van der Waals surface area contributed by atoms with Gasteiger partial charge >= 0.3 is 0 Å². The van der Waals surface area contributed by atoms with Gasteiger partial charge in [0.25, 0.3) is 0 Å². The van der Waals surface area contributed by atoms with Gasteiger partial charge in [-0.1, -0.05) is 12.1 Å². The summed E-state index contributed by atoms with van der Waals surface area (Å²) in [7, 11) is -3.26. The normalized spacial score (nSPS) is 11.6. The lowest BCUT2D eigenvalue weighted by atomic mass is 10.2. The van der Waals surface area contributed by atoms with Crippen LogP contribution in [0.25, 0.3) is 16.5 Å². The molecular weight excluding hydrogens is 385 g/mol. The molecule has 138 valence electrons. The third kappa shape index (κ3) is 5.12. The summed E-state index contributed by atoms with van der Waals surface area (Å²) in [6.45, 7) is 0. The smallest absolute Gasteiger partial charge is 0.248 e. The first-order valence-corrected chi connectivity index (χ1v) is 10.7. The van der Waals surface area contributed by atoms with Gasteiger partial charge in [0.1, 0.15) is 5.82 Å². The Morgan fingerprint density at radius 3 is 2.30 bits per heavy atom. The highest BCUT2D eigenvalue weighted by atomic mass is 32.2. The van der Waals surface area contributed by atoms with Gasteiger partial charge in [-0.25, -0.2) is 12.8 Å². The van der Waals surface area contributed by atoms with Crippen molar-refractivity contribution >= 4 is 38.8 Å². The SMILES string of the molecule is CS(=O)(=O)c1ccc(NC(=O)/C=C/c2ccc(-c3ccc(F)cc3)s2)cc1. The summed E-state index contributed by atoms with van der Waals surface area (Å²) in [5.74, 6) is -0.601. The molecule has 1 heterocycles. The number of rotatable bonds is 5. The Balaban J connectivity index is 1.64. The van der Waals surface area contributed by atoms with Crippen molar-refractivity contribution in [3.63, 3.8) is 0 Å². The molecule has 1 N–H and O–H groups in total. The van der Waals surface area contributed by atoms with Crippen molar-refractivity contribution in [3.8, 4) is 10.4 Å². The lowest BCUT2D eigenvalue weighted by Gasteiger charge is -2.03. The van der Waals surface area contributed by atoms with Crippen LogP contribution in [0.2, 0.25) is 0 Å². The fraction of sp³-hybridized carbons (Fsp3) is 0.0500. The Morgan fingerprint density at radius 2 is 1.67 bits per heavy atom. The van der Waals surface area contributed by atoms with Crippen LogP contribution in [0.4, 0.5) is 10.1 Å². The summed E-state index contributed by atoms with van der Waals surface area (Å²) in [5, 5.41) is 2.68. The van der Waals surface area contributed by atoms with E-state index in [-0.39, 0.29) is 16.6 Å². The van der Waals surface area contributed by atoms with Crippen LogP contribution in [0.5, 0.6) is 0 Å². The van der Waals surface area contributed by atoms with Crippen molar-refractivity contribution in [2.45, 2.75) is 4.90 Å². The zero-order chi connectivity index (χ0) is 19.4. The number of carbonyl (C=O) groups excluding carboxylic acids is 1. The zero-order valence-corrected chi connectivity index (χ0v) is 16.0. The molecule has 0 aliphatic rings. The van der Waals surface area contributed by atoms with Crippen molar-refractivity contribution in [1.82, 2.24) is 0 Å². The number of hydrogen-bond donors (Lipinski definition) is 1. The maximum Gasteiger partial charge on any atom is 0.248 e. The predicted molar refractivity (Wildman–Crippen MR) is 107 cm³/mol. The van der Waals surface area contributed by atoms with E-state index >= 15 is 0 Å². The van der Waals surface area contributed by atoms with Gasteiger partial charge in [-0.15, -0.1) is 11.3 Å². The van der Waals surface area contributed by atoms with Crippen molar-refractivity contribution in [1.29, 1.82) is 0 Å². The highest BCUT2D eigenvalue weighted by Gasteiger charge is 2.07. The highest BCUT2D eigenvalue weighted by Crippen LogP contribution is 2.29. The third-order valence-corrected chi connectivity index (χ3v) is 5.93. The van der Waals surface area contributed by atoms with E-state index in [1.165, 1.54) is 41.7 Å². The highest BCUT2D eigenvalue weighted by molar-refractivity contribution is 7.90. The van der Waals surface area contributed by atoms with E-state index in [0.717, 1.165) is 21.6 Å². The molecule has 2 aromatic carbocycles. The molecule has 0 fully saturated rings. The molecule has 0 radical (unpaired) electrons. The molecule has 7 heteroatoms. The van der Waals surface area contributed by atoms with E-state index in [4.69, 9.17) is 0 Å². The number of halogens is 1. The number of thiophene rings is 1. The third-order valence-electron chi connectivity index (χ3n) is 3.70. The number of anilines is 1. The molecule has 1 aromatic heterocycles. The van der Waals surface area contributed by atoms with Gasteiger partial charge in [-0.3, -0.25) is 4.79 Å². The molecule has 0 saturated carbocycles. The Bertz CT molecular complexity index is 1080. The average Bonchev–Trinajstić information content (AvgIpc) is 3.09. The fourth-order valence-electron chi connectivity index (χ4n) is 2.34. The lowest BCUT2D eigenvalue weighted by molar-refractivity contribution is -0.111. The van der Waals surface area contributed by atoms with Gasteiger partial charge in [-0.2, -0.15) is 0 Å². The number of amides is 1. The molecule has 4 nitrogen and oxygen atoms in total. The summed E-state index contributed by atoms with van der Waals surface area (Å²) in [6.07, 6.45) is 4.23. The van der Waals surface area contributed by atoms with Gasteiger partial charge in [0.05, 0.1) is 4.90 Å². The number of hydrogen-bond acceptors (Lipinski definition) is 4. The largest absolute Gasteiger partial charge is 0.323 e. The summed E-state index contributed by atoms with van der Waals surface area (Å²) in [6, 6.07) is 16.0. The van der Waals surface area contributed by atoms with Gasteiger partial charge in [0, 0.05) is 27.8 Å². The Morgan fingerprint density at radius 1 is 1.00 bits per heavy atom. The molecule has 0 aliphatic heterocycles. The minimum Gasteiger partial charge on any atom is -0.323 e. The number of benzene rings is 2. The minimum absolute atomic E-state index is 0.197. The van der Waals surface area contributed by atoms with Crippen LogP contribution in [-0.4, -0.2) is 20.6 Å². The van der Waals surface area contributed by atoms with Gasteiger partial charge in [0.15, 0.2) is 9.84 Å². The number of nitrogens with one attached hydrogen (secondary N) is 1. The van der Waals surface area contributed by atoms with Crippen molar-refractivity contribution < 1.29 is 17.6 Å². The standard InChI is InChI=1S/C20H16FNO3S2/c1-27(24,25)18-10-6-16(7-11-18)22-20(23)13-9-17-8-12-19(26-17)14-2-4-15(21)5-3-14/h2-13H,1H3,(H,22,23)/b13-9+. The molecule has 0 bridgehead atoms. The first-order chi connectivity index (χ1) is 12.8. The van der Waals surface area contributed by atoms with E-state index in [0.29, 0.717) is 5.69 Å². The molecule has 27 heavy (non-hydrogen) atoms. The van der Waals surface area contributed by atoms with E-state index in [1.54, 1.807) is 30.3 Å². The molecule has 0 aliphatic carbocycles. The quantitative estimate of drug-likeness (QED) is 0.635. The molecular formula is C20H16FNO3S2. The van der Waals surface area contributed by atoms with Crippen LogP contribution >= 0.6 is 11.3 Å². The first-order valence-electron chi connectivity index (χ1n) is 7.96. The molecule has 3 aromatic rings. The van der Waals surface area contributed by atoms with Gasteiger partial charge in [-0.05, 0) is 60.2 Å². The van der Waals surface area contributed by atoms with Crippen molar-refractivity contribution in [2.75, 3.05) is 11.6 Å². The maximum atomic E-state index is 13.0. The van der Waals surface area contributed by atoms with Crippen LogP contribution in [0, 0.1) is 5.82 Å². The molecule has 0 atom stereocenters. The summed E-state index contributed by atoms with van der Waals surface area (Å²) in [4.78, 5) is 14.1. The van der Waals surface area contributed by atoms with Crippen molar-refractivity contribution in [3.05, 3.63) is 77.4 Å². The zero-order valence-electron chi connectivity index (χ0n) is 14.3. The molecule has 0 spiro atoms. The van der Waals surface area contributed by atoms with E-state index in [1.807, 2.05) is 12.1 Å². The minimum atomic E-state index is -3.26. The molecule has 0 unspecified atom stereocenters. The van der Waals surface area contributed by atoms with E-state index in [9.17, 15) is 17.6 Å². The maximum absolute atomic E-state index is 13.0. The molecule has 0 saturated heterocycles. The first kappa shape index (κ1) is 19.0. The van der Waals surface area contributed by atoms with E-state index < -0.39 is 9.84 Å². The Kier molecular flexibility index (Phi) is 5.53. The van der Waals surface area contributed by atoms with Crippen LogP contribution in [-0.2, 0) is 14.6 Å². The fourth-order valence-corrected chi connectivity index (χ4v) is 3.89. The number of carbonyl (C=O) groups is 1. The van der Waals surface area contributed by atoms with Gasteiger partial charge < -0.3 is 5.32 Å². The van der Waals surface area contributed by atoms with Crippen LogP contribution < -0.4 is 5.32 Å². The van der Waals surface area contributed by atoms with Crippen molar-refractivity contribution in [2.24, 2.45) is 0 Å². The Hall–Kier alpha value is -2.77. The van der Waals surface area contributed by atoms with Crippen LogP contribution in [0.15, 0.2) is 71.6 Å². The second-order valence-corrected chi connectivity index (χ2v) is 8.96. The van der Waals surface area contributed by atoms with E-state index in [2.05, 4.69) is 5.32 Å². The summed E-state index contributed by atoms with van der Waals surface area (Å²) >= 11 is 1.49. The second-order valence-electron chi connectivity index (χ2n) is 5.83. The predicted octanol–water partition coefficient (Wildman–Crippen LogP) is 4.61. The molecule has 1 amide bonds. The summed E-state index contributed by atoms with van der Waals surface area (Å²) in [5.41, 5.74) is 1.42. The average molecular weight is 401 g/mol. The molecule has 3 rings (SSSR count). The second kappa shape index (κ2) is 7.85. The lowest BCUT2D eigenvalue weighted by Crippen LogP contribution is -2.07. The monoisotopic (exact) mass is 401 g/mol. The Labute approximate surface area is 160 Å². The topological polar surface area (TPSA) is 63.2 Å². The van der Waals surface area contributed by atoms with Gasteiger partial charge in [0.2, 0.25) is 5.91 Å². The number of sulfone groups is 1. The van der Waals surface area contributed by atoms with Crippen LogP contribution in [0.1, 0.15) is 4.88 Å². The summed E-state index contributed by atoms with van der Waals surface area (Å²) < 4.78 is 35.9.